The van der Waals surface area contributed by atoms with Gasteiger partial charge in [-0.05, 0) is 58.5 Å². The van der Waals surface area contributed by atoms with Gasteiger partial charge in [0, 0.05) is 18.8 Å². The summed E-state index contributed by atoms with van der Waals surface area (Å²) in [6, 6.07) is 13.9. The van der Waals surface area contributed by atoms with Crippen LogP contribution in [0, 0.1) is 0 Å². The van der Waals surface area contributed by atoms with Crippen LogP contribution in [0.5, 0.6) is 0 Å². The van der Waals surface area contributed by atoms with Crippen molar-refractivity contribution in [2.45, 2.75) is 12.8 Å². The topological polar surface area (TPSA) is 148 Å². The molecule has 0 unspecified atom stereocenters. The zero-order valence-corrected chi connectivity index (χ0v) is 19.7. The van der Waals surface area contributed by atoms with Gasteiger partial charge in [0.05, 0.1) is 23.9 Å². The van der Waals surface area contributed by atoms with Gasteiger partial charge in [0.25, 0.3) is 0 Å². The van der Waals surface area contributed by atoms with Crippen LogP contribution in [0.2, 0.25) is 0 Å². The average Bonchev–Trinajstić information content (AvgIpc) is 2.70. The number of sulfonamides is 2. The monoisotopic (exact) mass is 488 g/mol. The first-order valence-corrected chi connectivity index (χ1v) is 13.6. The van der Waals surface area contributed by atoms with Crippen molar-refractivity contribution >= 4 is 37.3 Å². The number of nitrogens with zero attached hydrogens (tertiary/aromatic N) is 1. The highest BCUT2D eigenvalue weighted by Crippen LogP contribution is 2.33. The van der Waals surface area contributed by atoms with Crippen molar-refractivity contribution in [2.24, 2.45) is 5.73 Å². The molecule has 0 saturated heterocycles. The second kappa shape index (κ2) is 9.59. The Morgan fingerprint density at radius 2 is 1.52 bits per heavy atom. The Morgan fingerprint density at radius 3 is 2.03 bits per heavy atom. The number of rotatable bonds is 9. The first-order chi connectivity index (χ1) is 15.4. The lowest BCUT2D eigenvalue weighted by atomic mass is 9.92. The molecule has 33 heavy (non-hydrogen) atoms. The third-order valence-corrected chi connectivity index (χ3v) is 5.80. The molecule has 3 aromatic rings. The lowest BCUT2D eigenvalue weighted by Crippen LogP contribution is -2.13. The van der Waals surface area contributed by atoms with E-state index in [-0.39, 0.29) is 17.8 Å². The second-order valence-electron chi connectivity index (χ2n) is 7.63. The van der Waals surface area contributed by atoms with Gasteiger partial charge in [0.15, 0.2) is 0 Å². The first-order valence-electron chi connectivity index (χ1n) is 9.82. The van der Waals surface area contributed by atoms with Gasteiger partial charge in [-0.1, -0.05) is 24.3 Å². The van der Waals surface area contributed by atoms with E-state index in [0.29, 0.717) is 17.5 Å². The van der Waals surface area contributed by atoms with Crippen LogP contribution >= 0.6 is 0 Å². The third-order valence-electron chi connectivity index (χ3n) is 4.59. The zero-order valence-electron chi connectivity index (χ0n) is 18.1. The number of amides is 1. The van der Waals surface area contributed by atoms with Gasteiger partial charge < -0.3 is 5.73 Å². The molecular formula is C22H24N4O5S2. The SMILES string of the molecule is CS(=O)(=O)Nc1cc(NS(C)(=O)=O)cc(-c2ccc(-c3cccnc3)cc2CCC(N)=O)c1. The highest BCUT2D eigenvalue weighted by Gasteiger charge is 2.14. The number of nitrogens with two attached hydrogens (primary N) is 1. The molecule has 0 fully saturated rings. The minimum Gasteiger partial charge on any atom is -0.370 e. The summed E-state index contributed by atoms with van der Waals surface area (Å²) in [5.41, 5.74) is 9.57. The Hall–Kier alpha value is -3.44. The van der Waals surface area contributed by atoms with Crippen molar-refractivity contribution in [1.29, 1.82) is 0 Å². The van der Waals surface area contributed by atoms with Crippen LogP contribution in [0.4, 0.5) is 11.4 Å². The quantitative estimate of drug-likeness (QED) is 0.422. The van der Waals surface area contributed by atoms with Crippen LogP contribution in [0.15, 0.2) is 60.9 Å². The standard InChI is InChI=1S/C22H24N4O5S2/c1-32(28,29)25-19-11-18(12-20(13-19)26-33(2,30)31)21-7-5-15(17-4-3-9-24-14-17)10-16(21)6-8-22(23)27/h3-5,7,9-14,25-26H,6,8H2,1-2H3,(H2,23,27). The number of anilines is 2. The van der Waals surface area contributed by atoms with E-state index in [9.17, 15) is 21.6 Å². The smallest absolute Gasteiger partial charge is 0.229 e. The molecule has 9 nitrogen and oxygen atoms in total. The first kappa shape index (κ1) is 24.2. The number of primary amides is 1. The van der Waals surface area contributed by atoms with E-state index in [1.165, 1.54) is 6.07 Å². The second-order valence-corrected chi connectivity index (χ2v) is 11.1. The molecule has 0 saturated carbocycles. The normalized spacial score (nSPS) is 11.7. The highest BCUT2D eigenvalue weighted by molar-refractivity contribution is 7.92. The van der Waals surface area contributed by atoms with Crippen LogP contribution in [-0.2, 0) is 31.3 Å². The molecule has 4 N–H and O–H groups in total. The summed E-state index contributed by atoms with van der Waals surface area (Å²) < 4.78 is 51.9. The molecule has 0 aliphatic heterocycles. The molecule has 0 radical (unpaired) electrons. The number of aromatic nitrogens is 1. The molecular weight excluding hydrogens is 464 g/mol. The summed E-state index contributed by atoms with van der Waals surface area (Å²) in [6.45, 7) is 0. The molecule has 0 aliphatic rings. The maximum absolute atomic E-state index is 11.8. The largest absolute Gasteiger partial charge is 0.370 e. The minimum atomic E-state index is -3.61. The molecule has 1 aromatic heterocycles. The summed E-state index contributed by atoms with van der Waals surface area (Å²) in [5.74, 6) is -0.459. The van der Waals surface area contributed by atoms with Crippen LogP contribution < -0.4 is 15.2 Å². The summed E-state index contributed by atoms with van der Waals surface area (Å²) in [6.07, 6.45) is 5.85. The molecule has 0 bridgehead atoms. The van der Waals surface area contributed by atoms with Gasteiger partial charge in [-0.3, -0.25) is 19.2 Å². The molecule has 3 rings (SSSR count). The van der Waals surface area contributed by atoms with E-state index >= 15 is 0 Å². The van der Waals surface area contributed by atoms with E-state index in [1.54, 1.807) is 24.5 Å². The molecule has 0 spiro atoms. The predicted molar refractivity (Wildman–Crippen MR) is 130 cm³/mol. The maximum atomic E-state index is 11.8. The predicted octanol–water partition coefficient (Wildman–Crippen LogP) is 2.58. The fourth-order valence-corrected chi connectivity index (χ4v) is 4.47. The number of benzene rings is 2. The van der Waals surface area contributed by atoms with E-state index in [1.807, 2.05) is 30.3 Å². The molecule has 2 aromatic carbocycles. The van der Waals surface area contributed by atoms with Gasteiger partial charge in [0.2, 0.25) is 26.0 Å². The van der Waals surface area contributed by atoms with Crippen molar-refractivity contribution < 1.29 is 21.6 Å². The summed E-state index contributed by atoms with van der Waals surface area (Å²) in [4.78, 5) is 15.6. The Kier molecular flexibility index (Phi) is 7.04. The molecule has 11 heteroatoms. The van der Waals surface area contributed by atoms with Gasteiger partial charge in [-0.25, -0.2) is 16.8 Å². The van der Waals surface area contributed by atoms with Gasteiger partial charge >= 0.3 is 0 Å². The van der Waals surface area contributed by atoms with E-state index in [0.717, 1.165) is 29.2 Å². The number of hydrogen-bond acceptors (Lipinski definition) is 6. The van der Waals surface area contributed by atoms with Gasteiger partial charge in [-0.15, -0.1) is 0 Å². The van der Waals surface area contributed by atoms with Crippen LogP contribution in [0.3, 0.4) is 0 Å². The van der Waals surface area contributed by atoms with E-state index in [2.05, 4.69) is 14.4 Å². The maximum Gasteiger partial charge on any atom is 0.229 e. The fraction of sp³-hybridized carbons (Fsp3) is 0.182. The summed E-state index contributed by atoms with van der Waals surface area (Å²) in [7, 11) is -7.21. The Bertz CT molecular complexity index is 1340. The van der Waals surface area contributed by atoms with Crippen LogP contribution in [0.1, 0.15) is 12.0 Å². The lowest BCUT2D eigenvalue weighted by Gasteiger charge is -2.16. The fourth-order valence-electron chi connectivity index (χ4n) is 3.38. The number of aryl methyl sites for hydroxylation is 1. The van der Waals surface area contributed by atoms with Crippen molar-refractivity contribution in [3.05, 3.63) is 66.5 Å². The molecule has 0 atom stereocenters. The third kappa shape index (κ3) is 7.29. The lowest BCUT2D eigenvalue weighted by molar-refractivity contribution is -0.117. The van der Waals surface area contributed by atoms with Gasteiger partial charge in [0.1, 0.15) is 0 Å². The molecule has 1 heterocycles. The summed E-state index contributed by atoms with van der Waals surface area (Å²) in [5, 5.41) is 0. The number of carbonyl (C=O) groups excluding carboxylic acids is 1. The van der Waals surface area contributed by atoms with Crippen molar-refractivity contribution in [2.75, 3.05) is 22.0 Å². The number of pyridine rings is 1. The molecule has 174 valence electrons. The number of carbonyl (C=O) groups is 1. The zero-order chi connectivity index (χ0) is 24.2. The Labute approximate surface area is 193 Å². The van der Waals surface area contributed by atoms with Crippen molar-refractivity contribution in [3.63, 3.8) is 0 Å². The van der Waals surface area contributed by atoms with Crippen molar-refractivity contribution in [3.8, 4) is 22.3 Å². The van der Waals surface area contributed by atoms with Crippen LogP contribution in [0.25, 0.3) is 22.3 Å². The summed E-state index contributed by atoms with van der Waals surface area (Å²) >= 11 is 0. The number of hydrogen-bond donors (Lipinski definition) is 3. The van der Waals surface area contributed by atoms with Crippen molar-refractivity contribution in [1.82, 2.24) is 4.98 Å². The average molecular weight is 489 g/mol. The van der Waals surface area contributed by atoms with E-state index in [4.69, 9.17) is 5.73 Å². The Morgan fingerprint density at radius 1 is 0.879 bits per heavy atom. The van der Waals surface area contributed by atoms with Gasteiger partial charge in [-0.2, -0.15) is 0 Å². The van der Waals surface area contributed by atoms with E-state index < -0.39 is 26.0 Å². The van der Waals surface area contributed by atoms with Crippen LogP contribution in [-0.4, -0.2) is 40.2 Å². The molecule has 1 amide bonds. The Balaban J connectivity index is 2.16. The minimum absolute atomic E-state index is 0.110. The molecule has 0 aliphatic carbocycles. The number of nitrogens with one attached hydrogen (secondary N) is 2. The highest BCUT2D eigenvalue weighted by atomic mass is 32.2.